The number of nitrogens with two attached hydrogens (primary N) is 1. The van der Waals surface area contributed by atoms with Crippen LogP contribution in [-0.4, -0.2) is 25.2 Å². The van der Waals surface area contributed by atoms with E-state index in [-0.39, 0.29) is 12.1 Å². The van der Waals surface area contributed by atoms with E-state index >= 15 is 0 Å². The van der Waals surface area contributed by atoms with Gasteiger partial charge in [0.2, 0.25) is 0 Å². The van der Waals surface area contributed by atoms with E-state index in [0.29, 0.717) is 5.92 Å². The monoisotopic (exact) mass is 276 g/mol. The van der Waals surface area contributed by atoms with Gasteiger partial charge in [-0.3, -0.25) is 0 Å². The Bertz CT molecular complexity index is 443. The molecule has 0 fully saturated rings. The smallest absolute Gasteiger partial charge is 0.143 e. The zero-order valence-corrected chi connectivity index (χ0v) is 13.2. The van der Waals surface area contributed by atoms with E-state index in [1.54, 1.807) is 0 Å². The van der Waals surface area contributed by atoms with Crippen LogP contribution in [0.3, 0.4) is 0 Å². The minimum absolute atomic E-state index is 0.195. The minimum atomic E-state index is 0.195. The number of hydrogen-bond donors (Lipinski definition) is 1. The van der Waals surface area contributed by atoms with Gasteiger partial charge in [0.05, 0.1) is 12.2 Å². The number of hydrogen-bond acceptors (Lipinski definition) is 3. The highest BCUT2D eigenvalue weighted by Gasteiger charge is 2.27. The van der Waals surface area contributed by atoms with Crippen LogP contribution in [0.2, 0.25) is 0 Å². The summed E-state index contributed by atoms with van der Waals surface area (Å²) >= 11 is 0. The molecule has 3 heteroatoms. The Labute approximate surface area is 123 Å². The highest BCUT2D eigenvalue weighted by atomic mass is 16.5. The second-order valence-electron chi connectivity index (χ2n) is 6.33. The summed E-state index contributed by atoms with van der Waals surface area (Å²) in [7, 11) is 0. The molecule has 112 valence electrons. The van der Waals surface area contributed by atoms with Gasteiger partial charge in [0.25, 0.3) is 0 Å². The molecule has 20 heavy (non-hydrogen) atoms. The zero-order valence-electron chi connectivity index (χ0n) is 13.2. The molecule has 0 saturated heterocycles. The summed E-state index contributed by atoms with van der Waals surface area (Å²) in [5.74, 6) is 1.56. The van der Waals surface area contributed by atoms with E-state index < -0.39 is 0 Å². The molecule has 3 nitrogen and oxygen atoms in total. The third kappa shape index (κ3) is 3.45. The van der Waals surface area contributed by atoms with E-state index in [9.17, 15) is 0 Å². The molecule has 0 aliphatic carbocycles. The third-order valence-electron chi connectivity index (χ3n) is 3.84. The Morgan fingerprint density at radius 1 is 1.35 bits per heavy atom. The molecule has 0 spiro atoms. The highest BCUT2D eigenvalue weighted by Crippen LogP contribution is 2.36. The summed E-state index contributed by atoms with van der Waals surface area (Å²) in [5.41, 5.74) is 8.45. The molecule has 0 saturated carbocycles. The Morgan fingerprint density at radius 2 is 2.10 bits per heavy atom. The molecule has 0 bridgehead atoms. The number of anilines is 1. The summed E-state index contributed by atoms with van der Waals surface area (Å²) in [4.78, 5) is 2.47. The van der Waals surface area contributed by atoms with Crippen LogP contribution in [-0.2, 0) is 6.42 Å². The van der Waals surface area contributed by atoms with Gasteiger partial charge in [-0.1, -0.05) is 26.8 Å². The molecule has 2 rings (SSSR count). The Balaban J connectivity index is 2.28. The van der Waals surface area contributed by atoms with Gasteiger partial charge in [0, 0.05) is 12.6 Å². The van der Waals surface area contributed by atoms with Gasteiger partial charge >= 0.3 is 0 Å². The van der Waals surface area contributed by atoms with Gasteiger partial charge in [-0.05, 0) is 43.4 Å². The summed E-state index contributed by atoms with van der Waals surface area (Å²) < 4.78 is 6.16. The van der Waals surface area contributed by atoms with Crippen LogP contribution in [0, 0.1) is 5.92 Å². The average Bonchev–Trinajstić information content (AvgIpc) is 2.38. The van der Waals surface area contributed by atoms with Crippen LogP contribution in [0.15, 0.2) is 18.2 Å². The van der Waals surface area contributed by atoms with Crippen LogP contribution >= 0.6 is 0 Å². The second-order valence-corrected chi connectivity index (χ2v) is 6.33. The first-order valence-corrected chi connectivity index (χ1v) is 7.81. The van der Waals surface area contributed by atoms with Gasteiger partial charge in [0.15, 0.2) is 0 Å². The average molecular weight is 276 g/mol. The molecule has 0 amide bonds. The van der Waals surface area contributed by atoms with Crippen molar-refractivity contribution < 1.29 is 4.74 Å². The number of ether oxygens (including phenoxy) is 1. The van der Waals surface area contributed by atoms with Crippen molar-refractivity contribution in [1.82, 2.24) is 0 Å². The first-order chi connectivity index (χ1) is 9.51. The molecule has 2 atom stereocenters. The second kappa shape index (κ2) is 6.49. The third-order valence-corrected chi connectivity index (χ3v) is 3.84. The zero-order chi connectivity index (χ0) is 14.7. The first kappa shape index (κ1) is 15.2. The van der Waals surface area contributed by atoms with E-state index in [1.807, 2.05) is 0 Å². The van der Waals surface area contributed by atoms with Gasteiger partial charge < -0.3 is 15.4 Å². The molecular formula is C17H28N2O. The largest absolute Gasteiger partial charge is 0.486 e. The molecule has 0 aromatic heterocycles. The summed E-state index contributed by atoms with van der Waals surface area (Å²) in [6.07, 6.45) is 2.36. The number of rotatable bonds is 5. The van der Waals surface area contributed by atoms with Crippen molar-refractivity contribution in [1.29, 1.82) is 0 Å². The fourth-order valence-electron chi connectivity index (χ4n) is 2.75. The fourth-order valence-corrected chi connectivity index (χ4v) is 2.75. The standard InChI is InChI=1S/C17H28N2O/c1-5-8-19-11-17(12(2)3)20-16-7-6-14(9-13(4)18)10-15(16)19/h6-7,10,12-13,17H,5,8-9,11,18H2,1-4H3. The van der Waals surface area contributed by atoms with E-state index in [4.69, 9.17) is 10.5 Å². The minimum Gasteiger partial charge on any atom is -0.486 e. The maximum Gasteiger partial charge on any atom is 0.143 e. The van der Waals surface area contributed by atoms with Gasteiger partial charge in [0.1, 0.15) is 11.9 Å². The SMILES string of the molecule is CCCN1CC(C(C)C)Oc2ccc(CC(C)N)cc21. The van der Waals surface area contributed by atoms with Crippen molar-refractivity contribution >= 4 is 5.69 Å². The molecule has 2 unspecified atom stereocenters. The Kier molecular flexibility index (Phi) is 4.92. The van der Waals surface area contributed by atoms with Crippen LogP contribution in [0.25, 0.3) is 0 Å². The lowest BCUT2D eigenvalue weighted by molar-refractivity contribution is 0.145. The Morgan fingerprint density at radius 3 is 2.70 bits per heavy atom. The number of fused-ring (bicyclic) bond motifs is 1. The predicted molar refractivity (Wildman–Crippen MR) is 85.6 cm³/mol. The normalized spacial score (nSPS) is 19.7. The fraction of sp³-hybridized carbons (Fsp3) is 0.647. The molecule has 1 aliphatic rings. The maximum absolute atomic E-state index is 6.16. The van der Waals surface area contributed by atoms with Crippen molar-refractivity contribution in [2.24, 2.45) is 11.7 Å². The molecule has 2 N–H and O–H groups in total. The molecular weight excluding hydrogens is 248 g/mol. The molecule has 1 aromatic carbocycles. The maximum atomic E-state index is 6.16. The number of nitrogens with zero attached hydrogens (tertiary/aromatic N) is 1. The summed E-state index contributed by atoms with van der Waals surface area (Å²) in [6.45, 7) is 10.8. The van der Waals surface area contributed by atoms with Crippen LogP contribution in [0.4, 0.5) is 5.69 Å². The van der Waals surface area contributed by atoms with Crippen LogP contribution < -0.4 is 15.4 Å². The van der Waals surface area contributed by atoms with E-state index in [0.717, 1.165) is 31.7 Å². The lowest BCUT2D eigenvalue weighted by atomic mass is 10.0. The lowest BCUT2D eigenvalue weighted by Gasteiger charge is -2.38. The highest BCUT2D eigenvalue weighted by molar-refractivity contribution is 5.62. The summed E-state index contributed by atoms with van der Waals surface area (Å²) in [6, 6.07) is 6.71. The topological polar surface area (TPSA) is 38.5 Å². The van der Waals surface area contributed by atoms with Crippen molar-refractivity contribution in [3.05, 3.63) is 23.8 Å². The molecule has 0 radical (unpaired) electrons. The van der Waals surface area contributed by atoms with Gasteiger partial charge in [-0.25, -0.2) is 0 Å². The lowest BCUT2D eigenvalue weighted by Crippen LogP contribution is -2.43. The van der Waals surface area contributed by atoms with Crippen LogP contribution in [0.5, 0.6) is 5.75 Å². The Hall–Kier alpha value is -1.22. The predicted octanol–water partition coefficient (Wildman–Crippen LogP) is 3.21. The molecule has 1 aromatic rings. The van der Waals surface area contributed by atoms with E-state index in [1.165, 1.54) is 11.3 Å². The van der Waals surface area contributed by atoms with Crippen LogP contribution in [0.1, 0.15) is 39.7 Å². The molecule has 1 aliphatic heterocycles. The number of benzene rings is 1. The van der Waals surface area contributed by atoms with Gasteiger partial charge in [-0.2, -0.15) is 0 Å². The van der Waals surface area contributed by atoms with E-state index in [2.05, 4.69) is 50.8 Å². The molecule has 1 heterocycles. The summed E-state index contributed by atoms with van der Waals surface area (Å²) in [5, 5.41) is 0. The van der Waals surface area contributed by atoms with Crippen molar-refractivity contribution in [2.45, 2.75) is 52.7 Å². The van der Waals surface area contributed by atoms with Crippen molar-refractivity contribution in [3.8, 4) is 5.75 Å². The van der Waals surface area contributed by atoms with Crippen molar-refractivity contribution in [3.63, 3.8) is 0 Å². The quantitative estimate of drug-likeness (QED) is 0.897. The van der Waals surface area contributed by atoms with Gasteiger partial charge in [-0.15, -0.1) is 0 Å². The first-order valence-electron chi connectivity index (χ1n) is 7.81. The van der Waals surface area contributed by atoms with Crippen molar-refractivity contribution in [2.75, 3.05) is 18.0 Å².